The highest BCUT2D eigenvalue weighted by Gasteiger charge is 2.25. The highest BCUT2D eigenvalue weighted by Crippen LogP contribution is 2.27. The Morgan fingerprint density at radius 2 is 2.14 bits per heavy atom. The normalized spacial score (nSPS) is 21.3. The van der Waals surface area contributed by atoms with Crippen LogP contribution in [0.1, 0.15) is 36.0 Å². The highest BCUT2D eigenvalue weighted by atomic mass is 79.9. The quantitative estimate of drug-likeness (QED) is 0.847. The smallest absolute Gasteiger partial charge is 0.251 e. The number of hydrogen-bond acceptors (Lipinski definition) is 3. The first-order valence-corrected chi connectivity index (χ1v) is 7.79. The van der Waals surface area contributed by atoms with Crippen molar-refractivity contribution in [2.24, 2.45) is 11.7 Å². The number of methoxy groups -OCH3 is 1. The molecule has 2 rings (SSSR count). The number of nitrogens with two attached hydrogens (primary N) is 1. The topological polar surface area (TPSA) is 64.3 Å². The number of rotatable bonds is 4. The van der Waals surface area contributed by atoms with Gasteiger partial charge in [0.2, 0.25) is 0 Å². The number of carbonyl (C=O) groups excluding carboxylic acids is 1. The molecule has 0 heterocycles. The van der Waals surface area contributed by atoms with Gasteiger partial charge >= 0.3 is 0 Å². The van der Waals surface area contributed by atoms with Gasteiger partial charge in [0.05, 0.1) is 11.6 Å². The second-order valence-corrected chi connectivity index (χ2v) is 6.06. The molecule has 0 radical (unpaired) electrons. The highest BCUT2D eigenvalue weighted by molar-refractivity contribution is 9.10. The van der Waals surface area contributed by atoms with Gasteiger partial charge in [-0.15, -0.1) is 12.4 Å². The summed E-state index contributed by atoms with van der Waals surface area (Å²) in [5.74, 6) is 1.08. The molecule has 2 atom stereocenters. The molecule has 4 nitrogen and oxygen atoms in total. The molecule has 118 valence electrons. The summed E-state index contributed by atoms with van der Waals surface area (Å²) in [6, 6.07) is 5.55. The Balaban J connectivity index is 0.00000220. The molecule has 0 bridgehead atoms. The van der Waals surface area contributed by atoms with Crippen LogP contribution in [0, 0.1) is 5.92 Å². The number of hydrogen-bond donors (Lipinski definition) is 2. The molecule has 0 aliphatic heterocycles. The van der Waals surface area contributed by atoms with Crippen LogP contribution < -0.4 is 15.8 Å². The van der Waals surface area contributed by atoms with Gasteiger partial charge in [-0.05, 0) is 59.4 Å². The van der Waals surface area contributed by atoms with Gasteiger partial charge < -0.3 is 15.8 Å². The van der Waals surface area contributed by atoms with E-state index in [9.17, 15) is 4.79 Å². The molecule has 6 heteroatoms. The maximum Gasteiger partial charge on any atom is 0.251 e. The average molecular weight is 378 g/mol. The molecule has 0 saturated heterocycles. The number of carbonyl (C=O) groups is 1. The van der Waals surface area contributed by atoms with E-state index in [4.69, 9.17) is 10.5 Å². The molecule has 1 amide bonds. The Morgan fingerprint density at radius 3 is 2.76 bits per heavy atom. The van der Waals surface area contributed by atoms with E-state index < -0.39 is 0 Å². The van der Waals surface area contributed by atoms with Gasteiger partial charge in [-0.2, -0.15) is 0 Å². The van der Waals surface area contributed by atoms with Gasteiger partial charge in [0.1, 0.15) is 5.75 Å². The maximum absolute atomic E-state index is 12.3. The number of halogens is 2. The minimum Gasteiger partial charge on any atom is -0.496 e. The van der Waals surface area contributed by atoms with Crippen molar-refractivity contribution in [3.05, 3.63) is 28.2 Å². The molecular formula is C15H22BrClN2O2. The van der Waals surface area contributed by atoms with Gasteiger partial charge in [-0.1, -0.05) is 12.8 Å². The van der Waals surface area contributed by atoms with E-state index in [1.54, 1.807) is 25.3 Å². The minimum absolute atomic E-state index is 0. The maximum atomic E-state index is 12.3. The summed E-state index contributed by atoms with van der Waals surface area (Å²) in [6.07, 6.45) is 4.49. The van der Waals surface area contributed by atoms with E-state index in [1.807, 2.05) is 0 Å². The molecule has 0 spiro atoms. The largest absolute Gasteiger partial charge is 0.496 e. The molecule has 1 aromatic rings. The van der Waals surface area contributed by atoms with E-state index >= 15 is 0 Å². The molecule has 1 aliphatic rings. The predicted molar refractivity (Wildman–Crippen MR) is 90.2 cm³/mol. The van der Waals surface area contributed by atoms with Gasteiger partial charge in [0.15, 0.2) is 0 Å². The van der Waals surface area contributed by atoms with Gasteiger partial charge in [0, 0.05) is 11.6 Å². The van der Waals surface area contributed by atoms with Crippen LogP contribution in [0.3, 0.4) is 0 Å². The Hall–Kier alpha value is -0.780. The summed E-state index contributed by atoms with van der Waals surface area (Å²) in [7, 11) is 1.60. The van der Waals surface area contributed by atoms with Crippen LogP contribution in [0.25, 0.3) is 0 Å². The van der Waals surface area contributed by atoms with Crippen LogP contribution in [0.15, 0.2) is 22.7 Å². The van der Waals surface area contributed by atoms with Gasteiger partial charge in [-0.25, -0.2) is 0 Å². The predicted octanol–water partition coefficient (Wildman–Crippen LogP) is 3.13. The zero-order chi connectivity index (χ0) is 14.5. The lowest BCUT2D eigenvalue weighted by Crippen LogP contribution is -2.44. The van der Waals surface area contributed by atoms with Crippen molar-refractivity contribution >= 4 is 34.2 Å². The number of amides is 1. The number of nitrogens with one attached hydrogen (secondary N) is 1. The zero-order valence-corrected chi connectivity index (χ0v) is 14.5. The third-order valence-electron chi connectivity index (χ3n) is 3.94. The fraction of sp³-hybridized carbons (Fsp3) is 0.533. The van der Waals surface area contributed by atoms with Crippen molar-refractivity contribution in [3.63, 3.8) is 0 Å². The van der Waals surface area contributed by atoms with Gasteiger partial charge in [0.25, 0.3) is 5.91 Å². The Kier molecular flexibility index (Phi) is 7.49. The summed E-state index contributed by atoms with van der Waals surface area (Å²) < 4.78 is 5.95. The Labute approximate surface area is 140 Å². The van der Waals surface area contributed by atoms with E-state index in [1.165, 1.54) is 6.42 Å². The van der Waals surface area contributed by atoms with E-state index in [2.05, 4.69) is 21.2 Å². The average Bonchev–Trinajstić information content (AvgIpc) is 2.47. The molecule has 1 saturated carbocycles. The molecule has 1 aliphatic carbocycles. The monoisotopic (exact) mass is 376 g/mol. The van der Waals surface area contributed by atoms with E-state index in [0.717, 1.165) is 29.5 Å². The first-order chi connectivity index (χ1) is 9.65. The van der Waals surface area contributed by atoms with Crippen LogP contribution in [-0.4, -0.2) is 25.6 Å². The number of ether oxygens (including phenoxy) is 1. The second-order valence-electron chi connectivity index (χ2n) is 5.21. The summed E-state index contributed by atoms with van der Waals surface area (Å²) >= 11 is 3.40. The number of benzene rings is 1. The molecular weight excluding hydrogens is 356 g/mol. The first-order valence-electron chi connectivity index (χ1n) is 7.00. The third kappa shape index (κ3) is 4.59. The van der Waals surface area contributed by atoms with Crippen molar-refractivity contribution < 1.29 is 9.53 Å². The summed E-state index contributed by atoms with van der Waals surface area (Å²) in [6.45, 7) is 0.636. The van der Waals surface area contributed by atoms with Crippen LogP contribution in [0.2, 0.25) is 0 Å². The summed E-state index contributed by atoms with van der Waals surface area (Å²) in [5.41, 5.74) is 6.43. The fourth-order valence-electron chi connectivity index (χ4n) is 2.74. The Morgan fingerprint density at radius 1 is 1.43 bits per heavy atom. The van der Waals surface area contributed by atoms with Crippen LogP contribution in [0.5, 0.6) is 5.75 Å². The summed E-state index contributed by atoms with van der Waals surface area (Å²) in [5, 5.41) is 3.12. The van der Waals surface area contributed by atoms with Crippen molar-refractivity contribution in [2.75, 3.05) is 13.7 Å². The molecule has 1 aromatic carbocycles. The van der Waals surface area contributed by atoms with Crippen molar-refractivity contribution in [3.8, 4) is 5.75 Å². The summed E-state index contributed by atoms with van der Waals surface area (Å²) in [4.78, 5) is 12.3. The molecule has 3 N–H and O–H groups in total. The molecule has 2 unspecified atom stereocenters. The minimum atomic E-state index is -0.0429. The lowest BCUT2D eigenvalue weighted by molar-refractivity contribution is 0.0908. The van der Waals surface area contributed by atoms with Crippen LogP contribution in [-0.2, 0) is 0 Å². The standard InChI is InChI=1S/C15H21BrN2O2.ClH/c1-20-14-7-6-10(8-12(14)16)15(19)18-13-5-3-2-4-11(13)9-17;/h6-8,11,13H,2-5,9,17H2,1H3,(H,18,19);1H. The van der Waals surface area contributed by atoms with Crippen molar-refractivity contribution in [1.82, 2.24) is 5.32 Å². The van der Waals surface area contributed by atoms with Crippen LogP contribution >= 0.6 is 28.3 Å². The molecule has 1 fully saturated rings. The fourth-order valence-corrected chi connectivity index (χ4v) is 3.28. The SMILES string of the molecule is COc1ccc(C(=O)NC2CCCCC2CN)cc1Br.Cl. The lowest BCUT2D eigenvalue weighted by Gasteiger charge is -2.31. The van der Waals surface area contributed by atoms with Crippen molar-refractivity contribution in [1.29, 1.82) is 0 Å². The third-order valence-corrected chi connectivity index (χ3v) is 4.56. The zero-order valence-electron chi connectivity index (χ0n) is 12.1. The first kappa shape index (κ1) is 18.3. The van der Waals surface area contributed by atoms with Crippen molar-refractivity contribution in [2.45, 2.75) is 31.7 Å². The Bertz CT molecular complexity index is 485. The lowest BCUT2D eigenvalue weighted by atomic mass is 9.84. The molecule has 0 aromatic heterocycles. The van der Waals surface area contributed by atoms with E-state index in [0.29, 0.717) is 18.0 Å². The van der Waals surface area contributed by atoms with E-state index in [-0.39, 0.29) is 24.4 Å². The van der Waals surface area contributed by atoms with Crippen LogP contribution in [0.4, 0.5) is 0 Å². The molecule has 21 heavy (non-hydrogen) atoms. The van der Waals surface area contributed by atoms with Gasteiger partial charge in [-0.3, -0.25) is 4.79 Å². The second kappa shape index (κ2) is 8.61.